The van der Waals surface area contributed by atoms with Crippen molar-refractivity contribution in [3.8, 4) is 0 Å². The Hall–Kier alpha value is -2.70. The van der Waals surface area contributed by atoms with E-state index in [-0.39, 0.29) is 23.5 Å². The van der Waals surface area contributed by atoms with Gasteiger partial charge in [-0.25, -0.2) is 4.79 Å². The highest BCUT2D eigenvalue weighted by atomic mass is 19.4. The van der Waals surface area contributed by atoms with Crippen molar-refractivity contribution in [1.29, 1.82) is 0 Å². The predicted octanol–water partition coefficient (Wildman–Crippen LogP) is 6.93. The van der Waals surface area contributed by atoms with Crippen molar-refractivity contribution in [3.05, 3.63) is 65.2 Å². The molecule has 2 aromatic carbocycles. The highest BCUT2D eigenvalue weighted by Crippen LogP contribution is 2.48. The third-order valence-corrected chi connectivity index (χ3v) is 6.86. The van der Waals surface area contributed by atoms with Crippen molar-refractivity contribution >= 4 is 11.8 Å². The monoisotopic (exact) mass is 448 g/mol. The van der Waals surface area contributed by atoms with E-state index in [1.54, 1.807) is 0 Å². The first-order chi connectivity index (χ1) is 14.8. The minimum absolute atomic E-state index is 0.0637. The van der Waals surface area contributed by atoms with E-state index in [1.807, 2.05) is 30.3 Å². The molecule has 0 saturated heterocycles. The van der Waals surface area contributed by atoms with Crippen LogP contribution in [-0.4, -0.2) is 12.1 Å². The summed E-state index contributed by atoms with van der Waals surface area (Å²) in [6, 6.07) is 12.2. The molecule has 1 heterocycles. The summed E-state index contributed by atoms with van der Waals surface area (Å²) in [5, 5.41) is 6.23. The van der Waals surface area contributed by atoms with E-state index >= 15 is 0 Å². The van der Waals surface area contributed by atoms with Gasteiger partial charge in [0.15, 0.2) is 0 Å². The van der Waals surface area contributed by atoms with Crippen molar-refractivity contribution in [2.24, 2.45) is 10.8 Å². The van der Waals surface area contributed by atoms with Crippen LogP contribution in [0.2, 0.25) is 0 Å². The SMILES string of the molecule is CC(C)(C)C(C)(C)[C@@H]1C[C@H](NC(=O)OCc2ccccc2)c2cc(C(F)(F)F)ccc2N1. The first kappa shape index (κ1) is 24.0. The summed E-state index contributed by atoms with van der Waals surface area (Å²) in [6.45, 7) is 10.7. The lowest BCUT2D eigenvalue weighted by Crippen LogP contribution is -2.49. The Bertz CT molecular complexity index is 950. The van der Waals surface area contributed by atoms with Crippen LogP contribution in [0, 0.1) is 10.8 Å². The molecule has 1 amide bonds. The average molecular weight is 449 g/mol. The van der Waals surface area contributed by atoms with Gasteiger partial charge in [0.1, 0.15) is 6.61 Å². The predicted molar refractivity (Wildman–Crippen MR) is 119 cm³/mol. The number of anilines is 1. The normalized spacial score (nSPS) is 19.0. The van der Waals surface area contributed by atoms with Crippen LogP contribution in [0.25, 0.3) is 0 Å². The lowest BCUT2D eigenvalue weighted by Gasteiger charge is -2.49. The van der Waals surface area contributed by atoms with E-state index < -0.39 is 23.9 Å². The number of alkyl carbamates (subject to hydrolysis) is 1. The first-order valence-corrected chi connectivity index (χ1v) is 10.7. The van der Waals surface area contributed by atoms with Gasteiger partial charge in [0, 0.05) is 11.7 Å². The van der Waals surface area contributed by atoms with E-state index in [0.29, 0.717) is 17.7 Å². The molecule has 2 aromatic rings. The number of amides is 1. The molecule has 0 spiro atoms. The summed E-state index contributed by atoms with van der Waals surface area (Å²) in [7, 11) is 0. The maximum absolute atomic E-state index is 13.3. The molecular weight excluding hydrogens is 417 g/mol. The smallest absolute Gasteiger partial charge is 0.416 e. The van der Waals surface area contributed by atoms with Gasteiger partial charge in [0.2, 0.25) is 0 Å². The third-order valence-electron chi connectivity index (χ3n) is 6.86. The van der Waals surface area contributed by atoms with Gasteiger partial charge in [-0.15, -0.1) is 0 Å². The van der Waals surface area contributed by atoms with Gasteiger partial charge in [-0.2, -0.15) is 13.2 Å². The molecule has 0 unspecified atom stereocenters. The van der Waals surface area contributed by atoms with Crippen molar-refractivity contribution < 1.29 is 22.7 Å². The number of nitrogens with one attached hydrogen (secondary N) is 2. The number of carbonyl (C=O) groups is 1. The molecule has 1 aliphatic heterocycles. The number of halogens is 3. The highest BCUT2D eigenvalue weighted by Gasteiger charge is 2.44. The van der Waals surface area contributed by atoms with Gasteiger partial charge in [0.05, 0.1) is 11.6 Å². The molecule has 0 bridgehead atoms. The summed E-state index contributed by atoms with van der Waals surface area (Å²) >= 11 is 0. The fourth-order valence-electron chi connectivity index (χ4n) is 3.81. The fourth-order valence-corrected chi connectivity index (χ4v) is 3.81. The second-order valence-electron chi connectivity index (χ2n) is 9.96. The third kappa shape index (κ3) is 5.19. The first-order valence-electron chi connectivity index (χ1n) is 10.7. The van der Waals surface area contributed by atoms with Crippen molar-refractivity contribution in [3.63, 3.8) is 0 Å². The Morgan fingerprint density at radius 2 is 1.72 bits per heavy atom. The minimum atomic E-state index is -4.46. The molecule has 0 saturated carbocycles. The van der Waals surface area contributed by atoms with E-state index in [1.165, 1.54) is 6.07 Å². The summed E-state index contributed by atoms with van der Waals surface area (Å²) in [4.78, 5) is 12.6. The maximum atomic E-state index is 13.3. The van der Waals surface area contributed by atoms with Crippen LogP contribution in [0.5, 0.6) is 0 Å². The molecule has 174 valence electrons. The zero-order valence-corrected chi connectivity index (χ0v) is 19.1. The summed E-state index contributed by atoms with van der Waals surface area (Å²) < 4.78 is 45.4. The Kier molecular flexibility index (Phi) is 6.50. The van der Waals surface area contributed by atoms with Gasteiger partial charge in [-0.05, 0) is 46.6 Å². The number of fused-ring (bicyclic) bond motifs is 1. The molecule has 0 aliphatic carbocycles. The second-order valence-corrected chi connectivity index (χ2v) is 9.96. The summed E-state index contributed by atoms with van der Waals surface area (Å²) in [5.41, 5.74) is 0.820. The summed E-state index contributed by atoms with van der Waals surface area (Å²) in [6.07, 6.45) is -4.68. The van der Waals surface area contributed by atoms with Crippen molar-refractivity contribution in [2.45, 2.75) is 65.9 Å². The number of rotatable bonds is 4. The summed E-state index contributed by atoms with van der Waals surface area (Å²) in [5.74, 6) is 0. The zero-order valence-electron chi connectivity index (χ0n) is 19.1. The van der Waals surface area contributed by atoms with Gasteiger partial charge in [-0.3, -0.25) is 0 Å². The molecule has 4 nitrogen and oxygen atoms in total. The Balaban J connectivity index is 1.87. The Morgan fingerprint density at radius 1 is 1.06 bits per heavy atom. The molecule has 1 aliphatic rings. The molecule has 2 N–H and O–H groups in total. The largest absolute Gasteiger partial charge is 0.445 e. The standard InChI is InChI=1S/C25H31F3N2O2/c1-23(2,3)24(4,5)21-14-20(30-22(31)32-15-16-9-7-6-8-10-16)18-13-17(25(26,27)28)11-12-19(18)29-21/h6-13,20-21,29H,14-15H2,1-5H3,(H,30,31)/t20-,21-/m0/s1. The topological polar surface area (TPSA) is 50.4 Å². The second kappa shape index (κ2) is 8.68. The molecule has 2 atom stereocenters. The number of alkyl halides is 3. The van der Waals surface area contributed by atoms with Crippen molar-refractivity contribution in [1.82, 2.24) is 5.32 Å². The fraction of sp³-hybridized carbons (Fsp3) is 0.480. The van der Waals surface area contributed by atoms with Crippen LogP contribution >= 0.6 is 0 Å². The van der Waals surface area contributed by atoms with E-state index in [0.717, 1.165) is 17.7 Å². The molecule has 7 heteroatoms. The van der Waals surface area contributed by atoms with E-state index in [4.69, 9.17) is 4.74 Å². The van der Waals surface area contributed by atoms with Gasteiger partial charge < -0.3 is 15.4 Å². The van der Waals surface area contributed by atoms with Gasteiger partial charge in [0.25, 0.3) is 0 Å². The van der Waals surface area contributed by atoms with Crippen LogP contribution < -0.4 is 10.6 Å². The van der Waals surface area contributed by atoms with Crippen molar-refractivity contribution in [2.75, 3.05) is 5.32 Å². The lowest BCUT2D eigenvalue weighted by atomic mass is 9.62. The minimum Gasteiger partial charge on any atom is -0.445 e. The van der Waals surface area contributed by atoms with Gasteiger partial charge in [-0.1, -0.05) is 65.0 Å². The van der Waals surface area contributed by atoms with Crippen LogP contribution in [0.3, 0.4) is 0 Å². The average Bonchev–Trinajstić information content (AvgIpc) is 2.71. The number of ether oxygens (including phenoxy) is 1. The molecule has 0 aromatic heterocycles. The number of hydrogen-bond donors (Lipinski definition) is 2. The van der Waals surface area contributed by atoms with E-state index in [2.05, 4.69) is 45.3 Å². The molecule has 32 heavy (non-hydrogen) atoms. The molecule has 3 rings (SSSR count). The van der Waals surface area contributed by atoms with Crippen LogP contribution in [0.1, 0.15) is 63.8 Å². The Labute approximate surface area is 187 Å². The maximum Gasteiger partial charge on any atom is 0.416 e. The number of hydrogen-bond acceptors (Lipinski definition) is 3. The number of carbonyl (C=O) groups excluding carboxylic acids is 1. The Morgan fingerprint density at radius 3 is 2.31 bits per heavy atom. The van der Waals surface area contributed by atoms with Crippen LogP contribution in [0.15, 0.2) is 48.5 Å². The highest BCUT2D eigenvalue weighted by molar-refractivity contribution is 5.69. The number of benzene rings is 2. The quantitative estimate of drug-likeness (QED) is 0.533. The molecule has 0 radical (unpaired) electrons. The van der Waals surface area contributed by atoms with Crippen LogP contribution in [0.4, 0.5) is 23.7 Å². The van der Waals surface area contributed by atoms with Gasteiger partial charge >= 0.3 is 12.3 Å². The van der Waals surface area contributed by atoms with E-state index in [9.17, 15) is 18.0 Å². The molecular formula is C25H31F3N2O2. The zero-order chi connectivity index (χ0) is 23.7. The lowest BCUT2D eigenvalue weighted by molar-refractivity contribution is -0.137. The van der Waals surface area contributed by atoms with Crippen LogP contribution in [-0.2, 0) is 17.5 Å². The molecule has 0 fully saturated rings.